The van der Waals surface area contributed by atoms with E-state index in [4.69, 9.17) is 4.42 Å². The van der Waals surface area contributed by atoms with Gasteiger partial charge in [0.15, 0.2) is 0 Å². The van der Waals surface area contributed by atoms with Crippen molar-refractivity contribution in [3.63, 3.8) is 0 Å². The summed E-state index contributed by atoms with van der Waals surface area (Å²) in [4.78, 5) is 15.8. The van der Waals surface area contributed by atoms with Gasteiger partial charge >= 0.3 is 0 Å². The Morgan fingerprint density at radius 3 is 2.53 bits per heavy atom. The standard InChI is InChI=1S/C15H24N2O2/c1-5-13-6-7-14(19-13)10-17-9-8-16(12(2)18)11-15(17,3)4/h6-7H,5,8-11H2,1-4H3. The molecular formula is C15H24N2O2. The molecule has 0 radical (unpaired) electrons. The van der Waals surface area contributed by atoms with Crippen LogP contribution in [0.25, 0.3) is 0 Å². The van der Waals surface area contributed by atoms with Crippen LogP contribution < -0.4 is 0 Å². The summed E-state index contributed by atoms with van der Waals surface area (Å²) >= 11 is 0. The van der Waals surface area contributed by atoms with E-state index >= 15 is 0 Å². The Balaban J connectivity index is 2.03. The van der Waals surface area contributed by atoms with Crippen LogP contribution in [0.5, 0.6) is 0 Å². The quantitative estimate of drug-likeness (QED) is 0.840. The zero-order valence-corrected chi connectivity index (χ0v) is 12.4. The fraction of sp³-hybridized carbons (Fsp3) is 0.667. The highest BCUT2D eigenvalue weighted by molar-refractivity contribution is 5.73. The molecule has 2 rings (SSSR count). The molecule has 4 heteroatoms. The van der Waals surface area contributed by atoms with Gasteiger partial charge in [0.25, 0.3) is 0 Å². The number of furan rings is 1. The van der Waals surface area contributed by atoms with Gasteiger partial charge in [0.1, 0.15) is 11.5 Å². The number of aryl methyl sites for hydroxylation is 1. The van der Waals surface area contributed by atoms with Crippen LogP contribution in [-0.4, -0.2) is 40.9 Å². The second-order valence-corrected chi connectivity index (χ2v) is 5.90. The molecule has 1 fully saturated rings. The van der Waals surface area contributed by atoms with Crippen molar-refractivity contribution in [1.29, 1.82) is 0 Å². The molecule has 1 amide bonds. The van der Waals surface area contributed by atoms with Crippen LogP contribution in [0.3, 0.4) is 0 Å². The first kappa shape index (κ1) is 14.1. The average Bonchev–Trinajstić information content (AvgIpc) is 2.79. The number of nitrogens with zero attached hydrogens (tertiary/aromatic N) is 2. The molecule has 1 aliphatic rings. The first-order valence-electron chi connectivity index (χ1n) is 7.00. The second-order valence-electron chi connectivity index (χ2n) is 5.90. The van der Waals surface area contributed by atoms with Crippen LogP contribution in [0.2, 0.25) is 0 Å². The minimum atomic E-state index is -0.0108. The third-order valence-electron chi connectivity index (χ3n) is 3.93. The average molecular weight is 264 g/mol. The number of hydrogen-bond acceptors (Lipinski definition) is 3. The molecule has 106 valence electrons. The number of piperazine rings is 1. The number of carbonyl (C=O) groups excluding carboxylic acids is 1. The summed E-state index contributed by atoms with van der Waals surface area (Å²) < 4.78 is 5.78. The predicted octanol–water partition coefficient (Wildman–Crippen LogP) is 2.28. The Kier molecular flexibility index (Phi) is 3.99. The van der Waals surface area contributed by atoms with Crippen molar-refractivity contribution < 1.29 is 9.21 Å². The highest BCUT2D eigenvalue weighted by Gasteiger charge is 2.34. The molecule has 1 saturated heterocycles. The molecule has 4 nitrogen and oxygen atoms in total. The molecule has 0 spiro atoms. The summed E-state index contributed by atoms with van der Waals surface area (Å²) in [6.07, 6.45) is 0.932. The monoisotopic (exact) mass is 264 g/mol. The zero-order valence-electron chi connectivity index (χ0n) is 12.4. The van der Waals surface area contributed by atoms with Gasteiger partial charge < -0.3 is 9.32 Å². The lowest BCUT2D eigenvalue weighted by Crippen LogP contribution is -2.59. The van der Waals surface area contributed by atoms with Gasteiger partial charge in [-0.3, -0.25) is 9.69 Å². The second kappa shape index (κ2) is 5.37. The van der Waals surface area contributed by atoms with Gasteiger partial charge in [-0.2, -0.15) is 0 Å². The van der Waals surface area contributed by atoms with E-state index in [1.165, 1.54) is 0 Å². The Labute approximate surface area is 115 Å². The number of rotatable bonds is 3. The summed E-state index contributed by atoms with van der Waals surface area (Å²) in [6, 6.07) is 4.11. The van der Waals surface area contributed by atoms with Gasteiger partial charge in [-0.1, -0.05) is 6.92 Å². The van der Waals surface area contributed by atoms with E-state index in [-0.39, 0.29) is 11.4 Å². The van der Waals surface area contributed by atoms with E-state index in [1.807, 2.05) is 11.0 Å². The summed E-state index contributed by atoms with van der Waals surface area (Å²) in [6.45, 7) is 11.4. The molecule has 0 bridgehead atoms. The first-order chi connectivity index (χ1) is 8.92. The molecule has 0 aromatic carbocycles. The van der Waals surface area contributed by atoms with E-state index in [2.05, 4.69) is 31.7 Å². The van der Waals surface area contributed by atoms with Crippen molar-refractivity contribution in [2.24, 2.45) is 0 Å². The Morgan fingerprint density at radius 1 is 1.32 bits per heavy atom. The van der Waals surface area contributed by atoms with Crippen molar-refractivity contribution in [2.45, 2.75) is 46.2 Å². The molecule has 0 atom stereocenters. The SMILES string of the molecule is CCc1ccc(CN2CCN(C(C)=O)CC2(C)C)o1. The normalized spacial score (nSPS) is 19.7. The van der Waals surface area contributed by atoms with Gasteiger partial charge in [-0.25, -0.2) is 0 Å². The molecule has 2 heterocycles. The van der Waals surface area contributed by atoms with Crippen LogP contribution in [0, 0.1) is 0 Å². The molecule has 0 saturated carbocycles. The maximum absolute atomic E-state index is 11.5. The van der Waals surface area contributed by atoms with E-state index in [9.17, 15) is 4.79 Å². The summed E-state index contributed by atoms with van der Waals surface area (Å²) in [5.74, 6) is 2.22. The van der Waals surface area contributed by atoms with E-state index in [1.54, 1.807) is 6.92 Å². The predicted molar refractivity (Wildman–Crippen MR) is 74.8 cm³/mol. The largest absolute Gasteiger partial charge is 0.465 e. The van der Waals surface area contributed by atoms with Crippen molar-refractivity contribution in [3.8, 4) is 0 Å². The fourth-order valence-corrected chi connectivity index (χ4v) is 2.64. The van der Waals surface area contributed by atoms with Gasteiger partial charge in [0.2, 0.25) is 5.91 Å². The summed E-state index contributed by atoms with van der Waals surface area (Å²) in [5, 5.41) is 0. The molecule has 19 heavy (non-hydrogen) atoms. The maximum atomic E-state index is 11.5. The summed E-state index contributed by atoms with van der Waals surface area (Å²) in [7, 11) is 0. The van der Waals surface area contributed by atoms with Crippen molar-refractivity contribution in [1.82, 2.24) is 9.80 Å². The minimum Gasteiger partial charge on any atom is -0.465 e. The van der Waals surface area contributed by atoms with Crippen molar-refractivity contribution >= 4 is 5.91 Å². The molecule has 0 N–H and O–H groups in total. The summed E-state index contributed by atoms with van der Waals surface area (Å²) in [5.41, 5.74) is -0.0108. The lowest BCUT2D eigenvalue weighted by molar-refractivity contribution is -0.134. The van der Waals surface area contributed by atoms with Crippen LogP contribution >= 0.6 is 0 Å². The lowest BCUT2D eigenvalue weighted by atomic mass is 9.98. The van der Waals surface area contributed by atoms with E-state index in [0.717, 1.165) is 44.1 Å². The molecule has 0 unspecified atom stereocenters. The van der Waals surface area contributed by atoms with Gasteiger partial charge in [0, 0.05) is 38.5 Å². The molecular weight excluding hydrogens is 240 g/mol. The number of amides is 1. The number of carbonyl (C=O) groups is 1. The highest BCUT2D eigenvalue weighted by atomic mass is 16.3. The van der Waals surface area contributed by atoms with Crippen LogP contribution in [0.15, 0.2) is 16.5 Å². The minimum absolute atomic E-state index is 0.0108. The maximum Gasteiger partial charge on any atom is 0.219 e. The molecule has 0 aliphatic carbocycles. The van der Waals surface area contributed by atoms with Gasteiger partial charge in [-0.05, 0) is 26.0 Å². The Morgan fingerprint density at radius 2 is 2.00 bits per heavy atom. The van der Waals surface area contributed by atoms with E-state index in [0.29, 0.717) is 0 Å². The highest BCUT2D eigenvalue weighted by Crippen LogP contribution is 2.24. The van der Waals surface area contributed by atoms with E-state index < -0.39 is 0 Å². The third kappa shape index (κ3) is 3.18. The molecule has 1 aliphatic heterocycles. The van der Waals surface area contributed by atoms with Gasteiger partial charge in [-0.15, -0.1) is 0 Å². The molecule has 1 aromatic heterocycles. The number of hydrogen-bond donors (Lipinski definition) is 0. The third-order valence-corrected chi connectivity index (χ3v) is 3.93. The molecule has 1 aromatic rings. The Bertz CT molecular complexity index is 451. The van der Waals surface area contributed by atoms with Crippen LogP contribution in [0.4, 0.5) is 0 Å². The van der Waals surface area contributed by atoms with Crippen molar-refractivity contribution in [3.05, 3.63) is 23.7 Å². The van der Waals surface area contributed by atoms with Crippen molar-refractivity contribution in [2.75, 3.05) is 19.6 Å². The Hall–Kier alpha value is -1.29. The van der Waals surface area contributed by atoms with Crippen LogP contribution in [0.1, 0.15) is 39.2 Å². The topological polar surface area (TPSA) is 36.7 Å². The fourth-order valence-electron chi connectivity index (χ4n) is 2.64. The smallest absolute Gasteiger partial charge is 0.219 e. The van der Waals surface area contributed by atoms with Crippen LogP contribution in [-0.2, 0) is 17.8 Å². The zero-order chi connectivity index (χ0) is 14.0. The van der Waals surface area contributed by atoms with Gasteiger partial charge in [0.05, 0.1) is 6.54 Å². The lowest BCUT2D eigenvalue weighted by Gasteiger charge is -2.46. The first-order valence-corrected chi connectivity index (χ1v) is 7.00.